The Morgan fingerprint density at radius 1 is 1.36 bits per heavy atom. The van der Waals surface area contributed by atoms with Crippen LogP contribution in [-0.2, 0) is 4.79 Å². The molecule has 0 spiro atoms. The second-order valence-corrected chi connectivity index (χ2v) is 6.91. The van der Waals surface area contributed by atoms with Gasteiger partial charge in [0.1, 0.15) is 5.75 Å². The third-order valence-corrected chi connectivity index (χ3v) is 5.49. The smallest absolute Gasteiger partial charge is 0.225 e. The highest BCUT2D eigenvalue weighted by molar-refractivity contribution is 5.81. The first-order valence-corrected chi connectivity index (χ1v) is 8.21. The number of methoxy groups -OCH3 is 1. The maximum atomic E-state index is 12.7. The topological polar surface area (TPSA) is 64.3 Å². The molecule has 3 rings (SSSR count). The molecule has 2 aliphatic carbocycles. The first-order valence-electron chi connectivity index (χ1n) is 8.21. The van der Waals surface area contributed by atoms with E-state index in [1.165, 1.54) is 6.42 Å². The summed E-state index contributed by atoms with van der Waals surface area (Å²) in [5.74, 6) is 1.93. The molecule has 3 N–H and O–H groups in total. The lowest BCUT2D eigenvalue weighted by molar-refractivity contribution is -0.127. The van der Waals surface area contributed by atoms with E-state index in [0.717, 1.165) is 29.7 Å². The molecule has 0 aromatic heterocycles. The van der Waals surface area contributed by atoms with Gasteiger partial charge < -0.3 is 15.8 Å². The fourth-order valence-electron chi connectivity index (χ4n) is 4.30. The summed E-state index contributed by atoms with van der Waals surface area (Å²) in [6, 6.07) is 6.00. The molecule has 2 saturated carbocycles. The molecule has 0 heterocycles. The summed E-state index contributed by atoms with van der Waals surface area (Å²) in [5.41, 5.74) is 8.46. The van der Waals surface area contributed by atoms with E-state index in [0.29, 0.717) is 11.8 Å². The van der Waals surface area contributed by atoms with Gasteiger partial charge in [0.2, 0.25) is 5.91 Å². The zero-order valence-corrected chi connectivity index (χ0v) is 13.6. The molecule has 0 saturated heterocycles. The summed E-state index contributed by atoms with van der Waals surface area (Å²) < 4.78 is 5.42. The van der Waals surface area contributed by atoms with Gasteiger partial charge in [-0.05, 0) is 51.0 Å². The molecule has 4 nitrogen and oxygen atoms in total. The molecular weight excluding hydrogens is 276 g/mol. The Hall–Kier alpha value is -1.55. The summed E-state index contributed by atoms with van der Waals surface area (Å²) in [5, 5.41) is 3.16. The van der Waals surface area contributed by atoms with E-state index in [1.54, 1.807) is 7.11 Å². The Balaban J connectivity index is 1.73. The molecule has 5 atom stereocenters. The van der Waals surface area contributed by atoms with Crippen LogP contribution in [0.1, 0.15) is 43.4 Å². The summed E-state index contributed by atoms with van der Waals surface area (Å²) in [4.78, 5) is 12.7. The minimum Gasteiger partial charge on any atom is -0.496 e. The molecule has 5 unspecified atom stereocenters. The Kier molecular flexibility index (Phi) is 4.13. The van der Waals surface area contributed by atoms with Crippen molar-refractivity contribution in [1.82, 2.24) is 5.32 Å². The standard InChI is InChI=1S/C18H26N2O2/c1-10-4-7-15(22-3)14(8-10)11(2)20-18(21)16-12-5-6-13(9-12)17(16)19/h4,7-8,11-13,16-17H,5-6,9,19H2,1-3H3,(H,20,21). The van der Waals surface area contributed by atoms with E-state index in [9.17, 15) is 4.79 Å². The Morgan fingerprint density at radius 2 is 2.09 bits per heavy atom. The average molecular weight is 302 g/mol. The van der Waals surface area contributed by atoms with Crippen LogP contribution in [0.5, 0.6) is 5.75 Å². The highest BCUT2D eigenvalue weighted by Crippen LogP contribution is 2.47. The van der Waals surface area contributed by atoms with Crippen molar-refractivity contribution >= 4 is 5.91 Å². The van der Waals surface area contributed by atoms with Crippen LogP contribution in [-0.4, -0.2) is 19.1 Å². The van der Waals surface area contributed by atoms with Crippen LogP contribution in [0.2, 0.25) is 0 Å². The molecule has 0 aliphatic heterocycles. The number of hydrogen-bond donors (Lipinski definition) is 2. The van der Waals surface area contributed by atoms with E-state index in [2.05, 4.69) is 11.4 Å². The maximum absolute atomic E-state index is 12.7. The largest absolute Gasteiger partial charge is 0.496 e. The van der Waals surface area contributed by atoms with Crippen molar-refractivity contribution in [3.63, 3.8) is 0 Å². The summed E-state index contributed by atoms with van der Waals surface area (Å²) in [6.45, 7) is 4.05. The molecule has 1 aromatic carbocycles. The van der Waals surface area contributed by atoms with Crippen molar-refractivity contribution in [3.05, 3.63) is 29.3 Å². The third-order valence-electron chi connectivity index (χ3n) is 5.49. The number of aryl methyl sites for hydroxylation is 1. The van der Waals surface area contributed by atoms with E-state index in [1.807, 2.05) is 26.0 Å². The monoisotopic (exact) mass is 302 g/mol. The Morgan fingerprint density at radius 3 is 2.73 bits per heavy atom. The van der Waals surface area contributed by atoms with E-state index >= 15 is 0 Å². The van der Waals surface area contributed by atoms with Gasteiger partial charge in [-0.1, -0.05) is 17.7 Å². The van der Waals surface area contributed by atoms with Gasteiger partial charge in [-0.3, -0.25) is 4.79 Å². The Bertz CT molecular complexity index is 570. The number of nitrogens with one attached hydrogen (secondary N) is 1. The zero-order chi connectivity index (χ0) is 15.9. The minimum absolute atomic E-state index is 0.0167. The van der Waals surface area contributed by atoms with Crippen LogP contribution in [0, 0.1) is 24.7 Å². The van der Waals surface area contributed by atoms with Crippen LogP contribution >= 0.6 is 0 Å². The van der Waals surface area contributed by atoms with Crippen molar-refractivity contribution in [3.8, 4) is 5.75 Å². The van der Waals surface area contributed by atoms with E-state index in [4.69, 9.17) is 10.5 Å². The van der Waals surface area contributed by atoms with Crippen molar-refractivity contribution in [2.45, 2.75) is 45.2 Å². The van der Waals surface area contributed by atoms with Crippen LogP contribution in [0.25, 0.3) is 0 Å². The van der Waals surface area contributed by atoms with Crippen molar-refractivity contribution in [1.29, 1.82) is 0 Å². The summed E-state index contributed by atoms with van der Waals surface area (Å²) >= 11 is 0. The van der Waals surface area contributed by atoms with Gasteiger partial charge in [0.05, 0.1) is 19.1 Å². The molecular formula is C18H26N2O2. The molecule has 2 bridgehead atoms. The number of fused-ring (bicyclic) bond motifs is 2. The van der Waals surface area contributed by atoms with Crippen molar-refractivity contribution in [2.24, 2.45) is 23.5 Å². The fourth-order valence-corrected chi connectivity index (χ4v) is 4.30. The van der Waals surface area contributed by atoms with Crippen LogP contribution in [0.15, 0.2) is 18.2 Å². The first kappa shape index (κ1) is 15.3. The number of amides is 1. The molecule has 1 amide bonds. The highest BCUT2D eigenvalue weighted by atomic mass is 16.5. The Labute approximate surface area is 132 Å². The van der Waals surface area contributed by atoms with Gasteiger partial charge in [0.15, 0.2) is 0 Å². The number of hydrogen-bond acceptors (Lipinski definition) is 3. The fraction of sp³-hybridized carbons (Fsp3) is 0.611. The first-order chi connectivity index (χ1) is 10.5. The van der Waals surface area contributed by atoms with Crippen molar-refractivity contribution in [2.75, 3.05) is 7.11 Å². The average Bonchev–Trinajstić information content (AvgIpc) is 3.07. The molecule has 1 aromatic rings. The number of benzene rings is 1. The van der Waals surface area contributed by atoms with Gasteiger partial charge in [0.25, 0.3) is 0 Å². The SMILES string of the molecule is COc1ccc(C)cc1C(C)NC(=O)C1C2CCC(C2)C1N. The van der Waals surface area contributed by atoms with Crippen molar-refractivity contribution < 1.29 is 9.53 Å². The van der Waals surface area contributed by atoms with Gasteiger partial charge in [-0.15, -0.1) is 0 Å². The molecule has 120 valence electrons. The second kappa shape index (κ2) is 5.92. The maximum Gasteiger partial charge on any atom is 0.225 e. The zero-order valence-electron chi connectivity index (χ0n) is 13.6. The van der Waals surface area contributed by atoms with Gasteiger partial charge in [0, 0.05) is 11.6 Å². The molecule has 2 aliphatic rings. The van der Waals surface area contributed by atoms with Crippen LogP contribution in [0.3, 0.4) is 0 Å². The van der Waals surface area contributed by atoms with Gasteiger partial charge >= 0.3 is 0 Å². The second-order valence-electron chi connectivity index (χ2n) is 6.91. The minimum atomic E-state index is -0.0753. The lowest BCUT2D eigenvalue weighted by Crippen LogP contribution is -2.45. The molecule has 0 radical (unpaired) electrons. The predicted molar refractivity (Wildman–Crippen MR) is 86.6 cm³/mol. The molecule has 4 heteroatoms. The number of carbonyl (C=O) groups is 1. The van der Waals surface area contributed by atoms with E-state index < -0.39 is 0 Å². The number of ether oxygens (including phenoxy) is 1. The summed E-state index contributed by atoms with van der Waals surface area (Å²) in [6.07, 6.45) is 3.47. The molecule has 22 heavy (non-hydrogen) atoms. The highest BCUT2D eigenvalue weighted by Gasteiger charge is 2.49. The third kappa shape index (κ3) is 2.60. The lowest BCUT2D eigenvalue weighted by atomic mass is 9.84. The quantitative estimate of drug-likeness (QED) is 0.898. The summed E-state index contributed by atoms with van der Waals surface area (Å²) in [7, 11) is 1.66. The normalized spacial score (nSPS) is 31.1. The number of nitrogens with two attached hydrogens (primary N) is 1. The van der Waals surface area contributed by atoms with Crippen LogP contribution < -0.4 is 15.8 Å². The van der Waals surface area contributed by atoms with Gasteiger partial charge in [-0.25, -0.2) is 0 Å². The van der Waals surface area contributed by atoms with E-state index in [-0.39, 0.29) is 23.9 Å². The predicted octanol–water partition coefficient (Wildman–Crippen LogP) is 2.55. The number of rotatable bonds is 4. The lowest BCUT2D eigenvalue weighted by Gasteiger charge is -2.28. The number of carbonyl (C=O) groups excluding carboxylic acids is 1. The van der Waals surface area contributed by atoms with Crippen LogP contribution in [0.4, 0.5) is 0 Å². The molecule has 2 fully saturated rings. The van der Waals surface area contributed by atoms with Gasteiger partial charge in [-0.2, -0.15) is 0 Å².